The summed E-state index contributed by atoms with van der Waals surface area (Å²) in [5.74, 6) is -0.235. The lowest BCUT2D eigenvalue weighted by atomic mass is 10.1. The average molecular weight is 422 g/mol. The van der Waals surface area contributed by atoms with Gasteiger partial charge in [0.15, 0.2) is 0 Å². The van der Waals surface area contributed by atoms with Crippen LogP contribution >= 0.6 is 23.2 Å². The number of halogens is 2. The van der Waals surface area contributed by atoms with Gasteiger partial charge >= 0.3 is 0 Å². The first-order valence-electron chi connectivity index (χ1n) is 8.93. The normalized spacial score (nSPS) is 14.5. The standard InChI is InChI=1S/C20H21Cl2N3O3/c21-17-6-1-14(11-18(17)22)12-19(26)23-15-2-4-16(5-3-15)24-20(27)13-25-7-9-28-10-8-25/h1-6,11H,7-10,12-13H2,(H,23,26)(H,24,27). The Morgan fingerprint density at radius 1 is 0.893 bits per heavy atom. The number of hydrogen-bond donors (Lipinski definition) is 2. The number of amides is 2. The van der Waals surface area contributed by atoms with Crippen LogP contribution < -0.4 is 10.6 Å². The van der Waals surface area contributed by atoms with Crippen LogP contribution in [-0.4, -0.2) is 49.6 Å². The van der Waals surface area contributed by atoms with E-state index in [4.69, 9.17) is 27.9 Å². The Bertz CT molecular complexity index is 837. The van der Waals surface area contributed by atoms with Crippen LogP contribution in [0.15, 0.2) is 42.5 Å². The molecule has 3 rings (SSSR count). The third-order valence-electron chi connectivity index (χ3n) is 4.27. The van der Waals surface area contributed by atoms with E-state index in [0.29, 0.717) is 41.2 Å². The summed E-state index contributed by atoms with van der Waals surface area (Å²) in [6.07, 6.45) is 0.189. The predicted molar refractivity (Wildman–Crippen MR) is 111 cm³/mol. The molecule has 0 unspecified atom stereocenters. The number of ether oxygens (including phenoxy) is 1. The van der Waals surface area contributed by atoms with Crippen LogP contribution in [-0.2, 0) is 20.7 Å². The van der Waals surface area contributed by atoms with Crippen LogP contribution in [0.2, 0.25) is 10.0 Å². The molecular weight excluding hydrogens is 401 g/mol. The van der Waals surface area contributed by atoms with E-state index in [1.54, 1.807) is 42.5 Å². The van der Waals surface area contributed by atoms with E-state index in [2.05, 4.69) is 15.5 Å². The van der Waals surface area contributed by atoms with Crippen molar-refractivity contribution in [3.8, 4) is 0 Å². The molecule has 0 radical (unpaired) electrons. The van der Waals surface area contributed by atoms with E-state index in [-0.39, 0.29) is 18.2 Å². The molecule has 1 saturated heterocycles. The molecule has 2 amide bonds. The smallest absolute Gasteiger partial charge is 0.238 e. The zero-order chi connectivity index (χ0) is 19.9. The summed E-state index contributed by atoms with van der Waals surface area (Å²) in [5.41, 5.74) is 2.11. The monoisotopic (exact) mass is 421 g/mol. The second-order valence-electron chi connectivity index (χ2n) is 6.49. The summed E-state index contributed by atoms with van der Waals surface area (Å²) in [7, 11) is 0. The van der Waals surface area contributed by atoms with Crippen molar-refractivity contribution in [3.63, 3.8) is 0 Å². The molecule has 2 aromatic carbocycles. The number of nitrogens with zero attached hydrogens (tertiary/aromatic N) is 1. The molecule has 0 saturated carbocycles. The lowest BCUT2D eigenvalue weighted by Crippen LogP contribution is -2.41. The summed E-state index contributed by atoms with van der Waals surface area (Å²) in [4.78, 5) is 26.4. The van der Waals surface area contributed by atoms with Crippen molar-refractivity contribution in [2.24, 2.45) is 0 Å². The van der Waals surface area contributed by atoms with Gasteiger partial charge in [-0.2, -0.15) is 0 Å². The molecule has 0 spiro atoms. The van der Waals surface area contributed by atoms with Crippen molar-refractivity contribution < 1.29 is 14.3 Å². The summed E-state index contributed by atoms with van der Waals surface area (Å²) in [6.45, 7) is 3.17. The van der Waals surface area contributed by atoms with Crippen molar-refractivity contribution in [2.75, 3.05) is 43.5 Å². The zero-order valence-electron chi connectivity index (χ0n) is 15.2. The minimum atomic E-state index is -0.164. The van der Waals surface area contributed by atoms with Crippen LogP contribution in [0.1, 0.15) is 5.56 Å². The number of carbonyl (C=O) groups is 2. The molecule has 0 atom stereocenters. The van der Waals surface area contributed by atoms with Crippen LogP contribution in [0.3, 0.4) is 0 Å². The Kier molecular flexibility index (Phi) is 7.28. The van der Waals surface area contributed by atoms with Gasteiger partial charge in [0.2, 0.25) is 11.8 Å². The fourth-order valence-electron chi connectivity index (χ4n) is 2.84. The second kappa shape index (κ2) is 9.89. The van der Waals surface area contributed by atoms with Gasteiger partial charge in [0, 0.05) is 24.5 Å². The molecule has 1 heterocycles. The fraction of sp³-hybridized carbons (Fsp3) is 0.300. The maximum absolute atomic E-state index is 12.2. The summed E-state index contributed by atoms with van der Waals surface area (Å²) in [6, 6.07) is 12.1. The van der Waals surface area contributed by atoms with Crippen molar-refractivity contribution >= 4 is 46.4 Å². The predicted octanol–water partition coefficient (Wildman–Crippen LogP) is 3.45. The molecule has 0 bridgehead atoms. The molecule has 2 N–H and O–H groups in total. The van der Waals surface area contributed by atoms with Crippen LogP contribution in [0, 0.1) is 0 Å². The average Bonchev–Trinajstić information content (AvgIpc) is 2.67. The van der Waals surface area contributed by atoms with Crippen molar-refractivity contribution in [1.29, 1.82) is 0 Å². The maximum Gasteiger partial charge on any atom is 0.238 e. The van der Waals surface area contributed by atoms with E-state index in [1.807, 2.05) is 0 Å². The first kappa shape index (κ1) is 20.6. The molecule has 2 aromatic rings. The Morgan fingerprint density at radius 3 is 2.11 bits per heavy atom. The Hall–Kier alpha value is -2.12. The SMILES string of the molecule is O=C(Cc1ccc(Cl)c(Cl)c1)Nc1ccc(NC(=O)CN2CCOCC2)cc1. The highest BCUT2D eigenvalue weighted by Gasteiger charge is 2.14. The number of morpholine rings is 1. The molecular formula is C20H21Cl2N3O3. The molecule has 1 aliphatic rings. The topological polar surface area (TPSA) is 70.7 Å². The Balaban J connectivity index is 1.48. The Morgan fingerprint density at radius 2 is 1.50 bits per heavy atom. The number of rotatable bonds is 6. The van der Waals surface area contributed by atoms with Crippen LogP contribution in [0.5, 0.6) is 0 Å². The molecule has 1 aliphatic heterocycles. The fourth-order valence-corrected chi connectivity index (χ4v) is 3.16. The zero-order valence-corrected chi connectivity index (χ0v) is 16.7. The first-order chi connectivity index (χ1) is 13.5. The third-order valence-corrected chi connectivity index (χ3v) is 5.01. The van der Waals surface area contributed by atoms with Crippen molar-refractivity contribution in [2.45, 2.75) is 6.42 Å². The van der Waals surface area contributed by atoms with Crippen LogP contribution in [0.4, 0.5) is 11.4 Å². The highest BCUT2D eigenvalue weighted by Crippen LogP contribution is 2.23. The van der Waals surface area contributed by atoms with Gasteiger partial charge in [-0.05, 0) is 42.0 Å². The van der Waals surface area contributed by atoms with Gasteiger partial charge in [-0.1, -0.05) is 29.3 Å². The van der Waals surface area contributed by atoms with Gasteiger partial charge in [-0.15, -0.1) is 0 Å². The minimum absolute atomic E-state index is 0.0710. The number of benzene rings is 2. The summed E-state index contributed by atoms with van der Waals surface area (Å²) in [5, 5.41) is 6.56. The van der Waals surface area contributed by atoms with E-state index in [9.17, 15) is 9.59 Å². The lowest BCUT2D eigenvalue weighted by Gasteiger charge is -2.25. The molecule has 6 nitrogen and oxygen atoms in total. The van der Waals surface area contributed by atoms with Gasteiger partial charge < -0.3 is 15.4 Å². The first-order valence-corrected chi connectivity index (χ1v) is 9.69. The molecule has 148 valence electrons. The van der Waals surface area contributed by atoms with Crippen molar-refractivity contribution in [1.82, 2.24) is 4.90 Å². The van der Waals surface area contributed by atoms with E-state index < -0.39 is 0 Å². The van der Waals surface area contributed by atoms with E-state index in [1.165, 1.54) is 0 Å². The number of anilines is 2. The molecule has 0 aromatic heterocycles. The second-order valence-corrected chi connectivity index (χ2v) is 7.30. The maximum atomic E-state index is 12.2. The van der Waals surface area contributed by atoms with Gasteiger partial charge in [0.1, 0.15) is 0 Å². The number of carbonyl (C=O) groups excluding carboxylic acids is 2. The van der Waals surface area contributed by atoms with Gasteiger partial charge in [-0.25, -0.2) is 0 Å². The van der Waals surface area contributed by atoms with E-state index >= 15 is 0 Å². The minimum Gasteiger partial charge on any atom is -0.379 e. The van der Waals surface area contributed by atoms with Gasteiger partial charge in [0.25, 0.3) is 0 Å². The molecule has 28 heavy (non-hydrogen) atoms. The number of hydrogen-bond acceptors (Lipinski definition) is 4. The molecule has 1 fully saturated rings. The Labute approximate surface area is 173 Å². The summed E-state index contributed by atoms with van der Waals surface area (Å²) < 4.78 is 5.27. The number of nitrogens with one attached hydrogen (secondary N) is 2. The van der Waals surface area contributed by atoms with Crippen LogP contribution in [0.25, 0.3) is 0 Å². The third kappa shape index (κ3) is 6.21. The molecule has 0 aliphatic carbocycles. The highest BCUT2D eigenvalue weighted by molar-refractivity contribution is 6.42. The largest absolute Gasteiger partial charge is 0.379 e. The van der Waals surface area contributed by atoms with Gasteiger partial charge in [-0.3, -0.25) is 14.5 Å². The lowest BCUT2D eigenvalue weighted by molar-refractivity contribution is -0.118. The quantitative estimate of drug-likeness (QED) is 0.749. The molecule has 8 heteroatoms. The van der Waals surface area contributed by atoms with Crippen molar-refractivity contribution in [3.05, 3.63) is 58.1 Å². The highest BCUT2D eigenvalue weighted by atomic mass is 35.5. The van der Waals surface area contributed by atoms with E-state index in [0.717, 1.165) is 18.7 Å². The summed E-state index contributed by atoms with van der Waals surface area (Å²) >= 11 is 11.9. The van der Waals surface area contributed by atoms with Gasteiger partial charge in [0.05, 0.1) is 36.2 Å².